The molecule has 1 N–H and O–H groups in total. The third kappa shape index (κ3) is 3.89. The molecular weight excluding hydrogens is 420 g/mol. The van der Waals surface area contributed by atoms with Crippen molar-refractivity contribution in [2.45, 2.75) is 38.2 Å². The lowest BCUT2D eigenvalue weighted by Gasteiger charge is -2.42. The van der Waals surface area contributed by atoms with Crippen molar-refractivity contribution < 1.29 is 9.84 Å². The number of fused-ring (bicyclic) bond motifs is 2. The number of halogens is 1. The van der Waals surface area contributed by atoms with E-state index < -0.39 is 5.60 Å². The van der Waals surface area contributed by atoms with Crippen LogP contribution in [-0.4, -0.2) is 28.1 Å². The molecule has 1 aromatic heterocycles. The highest BCUT2D eigenvalue weighted by atomic mass is 35.5. The van der Waals surface area contributed by atoms with Crippen molar-refractivity contribution in [1.29, 1.82) is 0 Å². The molecule has 0 spiro atoms. The lowest BCUT2D eigenvalue weighted by molar-refractivity contribution is -0.00624. The Morgan fingerprint density at radius 1 is 1.22 bits per heavy atom. The van der Waals surface area contributed by atoms with Gasteiger partial charge in [0, 0.05) is 47.6 Å². The van der Waals surface area contributed by atoms with Gasteiger partial charge in [-0.1, -0.05) is 42.8 Å². The molecule has 1 unspecified atom stereocenters. The Bertz CT molecular complexity index is 1150. The van der Waals surface area contributed by atoms with E-state index in [-0.39, 0.29) is 0 Å². The smallest absolute Gasteiger partial charge is 0.227 e. The van der Waals surface area contributed by atoms with Crippen LogP contribution in [-0.2, 0) is 5.60 Å². The number of aromatic nitrogens is 1. The maximum absolute atomic E-state index is 11.8. The van der Waals surface area contributed by atoms with Gasteiger partial charge in [0.05, 0.1) is 5.60 Å². The fourth-order valence-corrected chi connectivity index (χ4v) is 4.91. The van der Waals surface area contributed by atoms with E-state index in [0.717, 1.165) is 59.7 Å². The minimum Gasteiger partial charge on any atom is -0.438 e. The number of ether oxygens (including phenoxy) is 1. The molecule has 2 aliphatic heterocycles. The average molecular weight is 447 g/mol. The molecule has 5 rings (SSSR count). The van der Waals surface area contributed by atoms with E-state index in [9.17, 15) is 5.11 Å². The van der Waals surface area contributed by atoms with Gasteiger partial charge in [-0.25, -0.2) is 4.98 Å². The topological polar surface area (TPSA) is 45.6 Å². The molecule has 0 saturated carbocycles. The summed E-state index contributed by atoms with van der Waals surface area (Å²) in [6.07, 6.45) is 13.2. The van der Waals surface area contributed by atoms with Gasteiger partial charge < -0.3 is 14.7 Å². The molecule has 0 bridgehead atoms. The van der Waals surface area contributed by atoms with Gasteiger partial charge in [-0.2, -0.15) is 0 Å². The zero-order chi connectivity index (χ0) is 22.1. The minimum absolute atomic E-state index is 0.525. The Morgan fingerprint density at radius 2 is 2.06 bits per heavy atom. The Morgan fingerprint density at radius 3 is 2.88 bits per heavy atom. The molecule has 2 aromatic rings. The highest BCUT2D eigenvalue weighted by molar-refractivity contribution is 6.30. The number of hydrogen-bond acceptors (Lipinski definition) is 4. The Labute approximate surface area is 194 Å². The van der Waals surface area contributed by atoms with E-state index >= 15 is 0 Å². The number of allylic oxidation sites excluding steroid dienone is 6. The second kappa shape index (κ2) is 8.61. The number of hydrogen-bond donors (Lipinski definition) is 1. The van der Waals surface area contributed by atoms with Crippen LogP contribution in [0.4, 0.5) is 0 Å². The lowest BCUT2D eigenvalue weighted by atomic mass is 9.80. The van der Waals surface area contributed by atoms with Crippen molar-refractivity contribution in [3.63, 3.8) is 0 Å². The van der Waals surface area contributed by atoms with E-state index in [4.69, 9.17) is 16.3 Å². The molecule has 1 fully saturated rings. The van der Waals surface area contributed by atoms with Crippen molar-refractivity contribution in [2.75, 3.05) is 13.1 Å². The second-order valence-electron chi connectivity index (χ2n) is 8.60. The molecule has 1 aromatic carbocycles. The summed E-state index contributed by atoms with van der Waals surface area (Å²) in [6, 6.07) is 11.6. The predicted molar refractivity (Wildman–Crippen MR) is 128 cm³/mol. The van der Waals surface area contributed by atoms with E-state index in [1.807, 2.05) is 42.5 Å². The molecule has 3 aliphatic rings. The van der Waals surface area contributed by atoms with E-state index in [2.05, 4.69) is 35.0 Å². The average Bonchev–Trinajstić information content (AvgIpc) is 2.97. The first kappa shape index (κ1) is 21.0. The summed E-state index contributed by atoms with van der Waals surface area (Å²) in [7, 11) is 0. The summed E-state index contributed by atoms with van der Waals surface area (Å²) in [6.45, 7) is 3.92. The Hall–Kier alpha value is -2.82. The molecule has 32 heavy (non-hydrogen) atoms. The lowest BCUT2D eigenvalue weighted by Crippen LogP contribution is -2.42. The number of pyridine rings is 1. The van der Waals surface area contributed by atoms with E-state index in [1.54, 1.807) is 6.20 Å². The summed E-state index contributed by atoms with van der Waals surface area (Å²) >= 11 is 6.11. The monoisotopic (exact) mass is 446 g/mol. The molecule has 4 nitrogen and oxygen atoms in total. The Balaban J connectivity index is 1.68. The first-order chi connectivity index (χ1) is 15.6. The highest BCUT2D eigenvalue weighted by Gasteiger charge is 2.38. The van der Waals surface area contributed by atoms with Crippen LogP contribution in [0.25, 0.3) is 5.57 Å². The van der Waals surface area contributed by atoms with Crippen LogP contribution in [0.15, 0.2) is 83.9 Å². The zero-order valence-electron chi connectivity index (χ0n) is 18.2. The first-order valence-electron chi connectivity index (χ1n) is 11.2. The van der Waals surface area contributed by atoms with Crippen molar-refractivity contribution in [3.05, 3.63) is 100 Å². The third-order valence-corrected chi connectivity index (χ3v) is 6.70. The summed E-state index contributed by atoms with van der Waals surface area (Å²) in [5.74, 6) is 1.45. The van der Waals surface area contributed by atoms with Crippen LogP contribution in [0.1, 0.15) is 43.7 Å². The summed E-state index contributed by atoms with van der Waals surface area (Å²) < 4.78 is 6.23. The Kier molecular flexibility index (Phi) is 5.66. The predicted octanol–water partition coefficient (Wildman–Crippen LogP) is 6.00. The second-order valence-corrected chi connectivity index (χ2v) is 9.04. The van der Waals surface area contributed by atoms with Crippen LogP contribution < -0.4 is 4.74 Å². The fraction of sp³-hybridized carbons (Fsp3) is 0.296. The van der Waals surface area contributed by atoms with Crippen molar-refractivity contribution in [1.82, 2.24) is 9.88 Å². The number of benzene rings is 1. The summed E-state index contributed by atoms with van der Waals surface area (Å²) in [5.41, 5.74) is 4.27. The van der Waals surface area contributed by atoms with Gasteiger partial charge in [-0.05, 0) is 66.8 Å². The summed E-state index contributed by atoms with van der Waals surface area (Å²) in [4.78, 5) is 6.96. The number of aliphatic hydroxyl groups is 1. The molecule has 164 valence electrons. The third-order valence-electron chi connectivity index (χ3n) is 6.45. The number of rotatable bonds is 3. The maximum atomic E-state index is 11.8. The van der Waals surface area contributed by atoms with E-state index in [0.29, 0.717) is 23.7 Å². The summed E-state index contributed by atoms with van der Waals surface area (Å²) in [5, 5.41) is 12.5. The molecule has 0 radical (unpaired) electrons. The van der Waals surface area contributed by atoms with Gasteiger partial charge in [0.25, 0.3) is 0 Å². The van der Waals surface area contributed by atoms with Gasteiger partial charge in [-0.15, -0.1) is 0 Å². The molecule has 1 saturated heterocycles. The molecule has 5 heteroatoms. The van der Waals surface area contributed by atoms with Gasteiger partial charge in [0.2, 0.25) is 5.88 Å². The van der Waals surface area contributed by atoms with Crippen LogP contribution in [0.5, 0.6) is 5.88 Å². The minimum atomic E-state index is -0.948. The molecule has 0 amide bonds. The fourth-order valence-electron chi connectivity index (χ4n) is 4.78. The highest BCUT2D eigenvalue weighted by Crippen LogP contribution is 2.44. The van der Waals surface area contributed by atoms with E-state index in [1.165, 1.54) is 0 Å². The largest absolute Gasteiger partial charge is 0.438 e. The van der Waals surface area contributed by atoms with Crippen LogP contribution >= 0.6 is 11.6 Å². The van der Waals surface area contributed by atoms with Crippen molar-refractivity contribution in [2.24, 2.45) is 0 Å². The SMILES string of the molecule is CCCN1CCC(O)(c2ccc(Cl)cc2)CC1=C1C=C2CC=CC=C2Oc2ncccc21. The normalized spacial score (nSPS) is 24.7. The van der Waals surface area contributed by atoms with Crippen LogP contribution in [0, 0.1) is 0 Å². The molecular formula is C27H27ClN2O2. The number of nitrogens with zero attached hydrogens (tertiary/aromatic N) is 2. The van der Waals surface area contributed by atoms with Crippen molar-refractivity contribution in [3.8, 4) is 5.88 Å². The van der Waals surface area contributed by atoms with Gasteiger partial charge in [-0.3, -0.25) is 0 Å². The van der Waals surface area contributed by atoms with Crippen molar-refractivity contribution >= 4 is 17.2 Å². The van der Waals surface area contributed by atoms with Crippen LogP contribution in [0.2, 0.25) is 5.02 Å². The van der Waals surface area contributed by atoms with Crippen LogP contribution in [0.3, 0.4) is 0 Å². The first-order valence-corrected chi connectivity index (χ1v) is 11.6. The molecule has 3 heterocycles. The van der Waals surface area contributed by atoms with Gasteiger partial charge in [0.1, 0.15) is 5.76 Å². The quantitative estimate of drug-likeness (QED) is 0.627. The molecule has 1 atom stereocenters. The number of likely N-dealkylation sites (tertiary alicyclic amines) is 1. The van der Waals surface area contributed by atoms with Gasteiger partial charge >= 0.3 is 0 Å². The maximum Gasteiger partial charge on any atom is 0.227 e. The number of piperidine rings is 1. The molecule has 1 aliphatic carbocycles. The standard InChI is InChI=1S/C27H27ClN2O2/c1-2-15-30-16-13-27(31,20-9-11-21(28)12-10-20)18-24(30)23-17-19-6-3-4-8-25(19)32-26-22(23)7-5-14-29-26/h3-5,7-12,14,17,31H,2,6,13,15-16,18H2,1H3. The van der Waals surface area contributed by atoms with Gasteiger partial charge in [0.15, 0.2) is 0 Å². The zero-order valence-corrected chi connectivity index (χ0v) is 19.0.